The van der Waals surface area contributed by atoms with Crippen molar-refractivity contribution in [3.63, 3.8) is 0 Å². The molecule has 0 aliphatic carbocycles. The Morgan fingerprint density at radius 2 is 2.29 bits per heavy atom. The molecule has 0 aromatic carbocycles. The van der Waals surface area contributed by atoms with E-state index in [4.69, 9.17) is 0 Å². The second-order valence-corrected chi connectivity index (χ2v) is 3.32. The lowest BCUT2D eigenvalue weighted by molar-refractivity contribution is -0.122. The molecular weight excluding hydrogens is 236 g/mol. The van der Waals surface area contributed by atoms with Gasteiger partial charge in [-0.1, -0.05) is 0 Å². The van der Waals surface area contributed by atoms with Crippen LogP contribution in [0.1, 0.15) is 18.5 Å². The summed E-state index contributed by atoms with van der Waals surface area (Å²) in [7, 11) is 0. The topological polar surface area (TPSA) is 95.1 Å². The lowest BCUT2D eigenvalue weighted by atomic mass is 10.1. The van der Waals surface area contributed by atoms with E-state index < -0.39 is 36.1 Å². The second-order valence-electron chi connectivity index (χ2n) is 3.32. The third kappa shape index (κ3) is 3.23. The number of aromatic hydroxyl groups is 1. The van der Waals surface area contributed by atoms with Gasteiger partial charge in [0.25, 0.3) is 12.0 Å². The van der Waals surface area contributed by atoms with Crippen molar-refractivity contribution in [2.75, 3.05) is 6.54 Å². The maximum absolute atomic E-state index is 11.9. The van der Waals surface area contributed by atoms with Crippen LogP contribution < -0.4 is 10.9 Å². The Morgan fingerprint density at radius 3 is 2.88 bits per heavy atom. The van der Waals surface area contributed by atoms with Crippen molar-refractivity contribution in [2.45, 2.75) is 19.3 Å². The molecule has 1 unspecified atom stereocenters. The molecule has 1 atom stereocenters. The molecule has 17 heavy (non-hydrogen) atoms. The Morgan fingerprint density at radius 1 is 1.65 bits per heavy atom. The molecule has 1 amide bonds. The summed E-state index contributed by atoms with van der Waals surface area (Å²) in [6, 6.07) is 0. The summed E-state index contributed by atoms with van der Waals surface area (Å²) in [6.07, 6.45) is -1.64. The predicted molar refractivity (Wildman–Crippen MR) is 54.0 cm³/mol. The highest BCUT2D eigenvalue weighted by Gasteiger charge is 2.22. The van der Waals surface area contributed by atoms with E-state index in [-0.39, 0.29) is 5.69 Å². The molecule has 1 heterocycles. The highest BCUT2D eigenvalue weighted by Crippen LogP contribution is 2.18. The zero-order valence-corrected chi connectivity index (χ0v) is 8.91. The zero-order chi connectivity index (χ0) is 13.0. The predicted octanol–water partition coefficient (Wildman–Crippen LogP) is -0.0397. The molecule has 0 aliphatic heterocycles. The molecular formula is C9H11F2N3O3. The Bertz CT molecular complexity index is 461. The first-order chi connectivity index (χ1) is 7.93. The number of aromatic nitrogens is 2. The molecule has 0 spiro atoms. The number of nitrogens with one attached hydrogen (secondary N) is 2. The van der Waals surface area contributed by atoms with Crippen LogP contribution in [0.25, 0.3) is 0 Å². The van der Waals surface area contributed by atoms with Crippen LogP contribution in [0.5, 0.6) is 5.75 Å². The van der Waals surface area contributed by atoms with Crippen molar-refractivity contribution >= 4 is 5.91 Å². The highest BCUT2D eigenvalue weighted by molar-refractivity contribution is 5.83. The molecule has 0 saturated heterocycles. The monoisotopic (exact) mass is 247 g/mol. The first-order valence-electron chi connectivity index (χ1n) is 4.76. The van der Waals surface area contributed by atoms with Gasteiger partial charge in [0.05, 0.1) is 18.8 Å². The van der Waals surface area contributed by atoms with Gasteiger partial charge in [-0.3, -0.25) is 9.59 Å². The Hall–Kier alpha value is -1.99. The summed E-state index contributed by atoms with van der Waals surface area (Å²) < 4.78 is 23.7. The van der Waals surface area contributed by atoms with E-state index in [1.165, 1.54) is 6.92 Å². The Balaban J connectivity index is 2.82. The van der Waals surface area contributed by atoms with Crippen molar-refractivity contribution in [3.8, 4) is 5.75 Å². The van der Waals surface area contributed by atoms with Crippen molar-refractivity contribution in [3.05, 3.63) is 22.4 Å². The largest absolute Gasteiger partial charge is 0.502 e. The van der Waals surface area contributed by atoms with Gasteiger partial charge in [0.1, 0.15) is 5.69 Å². The zero-order valence-electron chi connectivity index (χ0n) is 8.91. The average molecular weight is 247 g/mol. The molecule has 1 aromatic rings. The lowest BCUT2D eigenvalue weighted by Crippen LogP contribution is -2.32. The van der Waals surface area contributed by atoms with Gasteiger partial charge >= 0.3 is 0 Å². The van der Waals surface area contributed by atoms with E-state index in [1.807, 2.05) is 5.32 Å². The number of rotatable bonds is 4. The van der Waals surface area contributed by atoms with E-state index >= 15 is 0 Å². The number of H-pyrrole nitrogens is 1. The van der Waals surface area contributed by atoms with Crippen LogP contribution >= 0.6 is 0 Å². The van der Waals surface area contributed by atoms with Gasteiger partial charge in [0.2, 0.25) is 11.7 Å². The van der Waals surface area contributed by atoms with Gasteiger partial charge in [0.15, 0.2) is 0 Å². The number of amides is 1. The number of carbonyl (C=O) groups is 1. The third-order valence-electron chi connectivity index (χ3n) is 2.09. The fraction of sp³-hybridized carbons (Fsp3) is 0.444. The molecule has 0 radical (unpaired) electrons. The first-order valence-corrected chi connectivity index (χ1v) is 4.76. The van der Waals surface area contributed by atoms with Crippen LogP contribution in [0.15, 0.2) is 11.1 Å². The maximum atomic E-state index is 11.9. The number of hydrogen-bond donors (Lipinski definition) is 3. The van der Waals surface area contributed by atoms with Crippen molar-refractivity contribution < 1.29 is 18.7 Å². The molecule has 0 aliphatic rings. The van der Waals surface area contributed by atoms with Crippen LogP contribution in [0.4, 0.5) is 8.78 Å². The van der Waals surface area contributed by atoms with E-state index in [9.17, 15) is 23.5 Å². The summed E-state index contributed by atoms with van der Waals surface area (Å²) in [5.74, 6) is -2.41. The van der Waals surface area contributed by atoms with E-state index in [0.29, 0.717) is 0 Å². The Kier molecular flexibility index (Phi) is 4.13. The number of halogens is 2. The minimum Gasteiger partial charge on any atom is -0.502 e. The summed E-state index contributed by atoms with van der Waals surface area (Å²) in [5.41, 5.74) is -0.941. The van der Waals surface area contributed by atoms with Gasteiger partial charge in [-0.05, 0) is 6.92 Å². The normalized spacial score (nSPS) is 12.5. The maximum Gasteiger partial charge on any atom is 0.293 e. The van der Waals surface area contributed by atoms with Crippen molar-refractivity contribution in [2.24, 2.45) is 0 Å². The minimum atomic E-state index is -2.66. The molecule has 94 valence electrons. The van der Waals surface area contributed by atoms with Crippen LogP contribution in [-0.2, 0) is 4.79 Å². The quantitative estimate of drug-likeness (QED) is 0.695. The van der Waals surface area contributed by atoms with E-state index in [0.717, 1.165) is 6.33 Å². The van der Waals surface area contributed by atoms with Gasteiger partial charge in [-0.2, -0.15) is 0 Å². The molecule has 1 aromatic heterocycles. The van der Waals surface area contributed by atoms with Crippen LogP contribution in [0, 0.1) is 0 Å². The van der Waals surface area contributed by atoms with Crippen LogP contribution in [0.2, 0.25) is 0 Å². The number of carbonyl (C=O) groups excluding carboxylic acids is 1. The van der Waals surface area contributed by atoms with Gasteiger partial charge in [-0.15, -0.1) is 0 Å². The van der Waals surface area contributed by atoms with Crippen molar-refractivity contribution in [1.82, 2.24) is 15.3 Å². The Labute approximate surface area is 94.7 Å². The van der Waals surface area contributed by atoms with Crippen LogP contribution in [-0.4, -0.2) is 34.0 Å². The SMILES string of the molecule is CC(C(=O)NCC(F)F)c1nc[nH]c(=O)c1O. The summed E-state index contributed by atoms with van der Waals surface area (Å²) in [6.45, 7) is 0.565. The summed E-state index contributed by atoms with van der Waals surface area (Å²) in [5, 5.41) is 11.3. The first kappa shape index (κ1) is 13.1. The average Bonchev–Trinajstić information content (AvgIpc) is 2.28. The fourth-order valence-corrected chi connectivity index (χ4v) is 1.18. The molecule has 3 N–H and O–H groups in total. The minimum absolute atomic E-state index is 0.152. The molecule has 6 nitrogen and oxygen atoms in total. The molecule has 0 fully saturated rings. The number of nitrogens with zero attached hydrogens (tertiary/aromatic N) is 1. The second kappa shape index (κ2) is 5.37. The fourth-order valence-electron chi connectivity index (χ4n) is 1.18. The van der Waals surface area contributed by atoms with Gasteiger partial charge < -0.3 is 15.4 Å². The standard InChI is InChI=1S/C9H11F2N3O3/c1-4(8(16)12-2-5(10)11)6-7(15)9(17)14-3-13-6/h3-5,15H,2H2,1H3,(H,12,16)(H,13,14,17). The smallest absolute Gasteiger partial charge is 0.293 e. The highest BCUT2D eigenvalue weighted by atomic mass is 19.3. The summed E-state index contributed by atoms with van der Waals surface area (Å²) >= 11 is 0. The van der Waals surface area contributed by atoms with Gasteiger partial charge in [-0.25, -0.2) is 13.8 Å². The lowest BCUT2D eigenvalue weighted by Gasteiger charge is -2.11. The number of aromatic amines is 1. The number of hydrogen-bond acceptors (Lipinski definition) is 4. The van der Waals surface area contributed by atoms with Crippen molar-refractivity contribution in [1.29, 1.82) is 0 Å². The van der Waals surface area contributed by atoms with Gasteiger partial charge in [0, 0.05) is 0 Å². The third-order valence-corrected chi connectivity index (χ3v) is 2.09. The molecule has 1 rings (SSSR count). The van der Waals surface area contributed by atoms with Crippen LogP contribution in [0.3, 0.4) is 0 Å². The summed E-state index contributed by atoms with van der Waals surface area (Å²) in [4.78, 5) is 28.2. The molecule has 0 saturated carbocycles. The molecule has 0 bridgehead atoms. The van der Waals surface area contributed by atoms with E-state index in [1.54, 1.807) is 0 Å². The number of alkyl halides is 2. The molecule has 8 heteroatoms. The van der Waals surface area contributed by atoms with E-state index in [2.05, 4.69) is 9.97 Å².